The lowest BCUT2D eigenvalue weighted by atomic mass is 10.1. The maximum atomic E-state index is 11.0. The molecule has 0 bridgehead atoms. The predicted molar refractivity (Wildman–Crippen MR) is 76.4 cm³/mol. The molecule has 0 aliphatic rings. The van der Waals surface area contributed by atoms with Gasteiger partial charge in [-0.3, -0.25) is 9.78 Å². The summed E-state index contributed by atoms with van der Waals surface area (Å²) in [5.74, 6) is -1.16. The number of hydrogen-bond donors (Lipinski definition) is 1. The minimum absolute atomic E-state index is 0.396. The standard InChI is InChI=1S/C15H18N2O2/c1-3-17(10-11(2)15(18)19)14-8-9-16-13-7-5-4-6-12(13)14/h4-9,11H,3,10H2,1-2H3,(H,18,19). The summed E-state index contributed by atoms with van der Waals surface area (Å²) >= 11 is 0. The van der Waals surface area contributed by atoms with E-state index in [1.165, 1.54) is 0 Å². The molecule has 0 spiro atoms. The van der Waals surface area contributed by atoms with E-state index in [2.05, 4.69) is 9.88 Å². The van der Waals surface area contributed by atoms with Gasteiger partial charge in [-0.15, -0.1) is 0 Å². The summed E-state index contributed by atoms with van der Waals surface area (Å²) < 4.78 is 0. The van der Waals surface area contributed by atoms with E-state index in [1.54, 1.807) is 13.1 Å². The molecule has 19 heavy (non-hydrogen) atoms. The van der Waals surface area contributed by atoms with E-state index < -0.39 is 11.9 Å². The van der Waals surface area contributed by atoms with Crippen LogP contribution < -0.4 is 4.90 Å². The van der Waals surface area contributed by atoms with Crippen LogP contribution in [0.3, 0.4) is 0 Å². The number of hydrogen-bond acceptors (Lipinski definition) is 3. The molecule has 1 unspecified atom stereocenters. The zero-order valence-corrected chi connectivity index (χ0v) is 11.2. The van der Waals surface area contributed by atoms with Crippen LogP contribution in [0.2, 0.25) is 0 Å². The molecule has 1 N–H and O–H groups in total. The van der Waals surface area contributed by atoms with Crippen LogP contribution in [0.5, 0.6) is 0 Å². The van der Waals surface area contributed by atoms with E-state index >= 15 is 0 Å². The van der Waals surface area contributed by atoms with E-state index in [4.69, 9.17) is 5.11 Å². The van der Waals surface area contributed by atoms with Crippen LogP contribution in [0, 0.1) is 5.92 Å². The third-order valence-electron chi connectivity index (χ3n) is 3.26. The minimum Gasteiger partial charge on any atom is -0.481 e. The lowest BCUT2D eigenvalue weighted by Crippen LogP contribution is -2.31. The molecule has 0 saturated heterocycles. The van der Waals surface area contributed by atoms with Crippen LogP contribution in [-0.4, -0.2) is 29.1 Å². The second-order valence-corrected chi connectivity index (χ2v) is 4.63. The van der Waals surface area contributed by atoms with Crippen molar-refractivity contribution in [2.24, 2.45) is 5.92 Å². The first kappa shape index (κ1) is 13.3. The molecule has 0 amide bonds. The van der Waals surface area contributed by atoms with Crippen LogP contribution in [0.1, 0.15) is 13.8 Å². The smallest absolute Gasteiger partial charge is 0.308 e. The van der Waals surface area contributed by atoms with Crippen molar-refractivity contribution in [1.29, 1.82) is 0 Å². The number of aliphatic carboxylic acids is 1. The van der Waals surface area contributed by atoms with Crippen LogP contribution in [0.15, 0.2) is 36.5 Å². The van der Waals surface area contributed by atoms with Crippen molar-refractivity contribution in [3.8, 4) is 0 Å². The van der Waals surface area contributed by atoms with Gasteiger partial charge >= 0.3 is 5.97 Å². The van der Waals surface area contributed by atoms with Crippen molar-refractivity contribution in [1.82, 2.24) is 4.98 Å². The lowest BCUT2D eigenvalue weighted by molar-refractivity contribution is -0.140. The fourth-order valence-corrected chi connectivity index (χ4v) is 2.16. The van der Waals surface area contributed by atoms with E-state index in [0.717, 1.165) is 23.1 Å². The largest absolute Gasteiger partial charge is 0.481 e. The van der Waals surface area contributed by atoms with Crippen molar-refractivity contribution < 1.29 is 9.90 Å². The zero-order chi connectivity index (χ0) is 13.8. The first-order valence-corrected chi connectivity index (χ1v) is 6.45. The third kappa shape index (κ3) is 2.84. The number of nitrogens with zero attached hydrogens (tertiary/aromatic N) is 2. The van der Waals surface area contributed by atoms with Gasteiger partial charge in [-0.25, -0.2) is 0 Å². The number of carbonyl (C=O) groups is 1. The molecule has 4 nitrogen and oxygen atoms in total. The van der Waals surface area contributed by atoms with Crippen molar-refractivity contribution in [2.45, 2.75) is 13.8 Å². The Hall–Kier alpha value is -2.10. The number of rotatable bonds is 5. The molecule has 0 aliphatic carbocycles. The summed E-state index contributed by atoms with van der Waals surface area (Å²) in [5, 5.41) is 10.1. The number of carboxylic acids is 1. The second kappa shape index (κ2) is 5.69. The van der Waals surface area contributed by atoms with Crippen molar-refractivity contribution in [3.63, 3.8) is 0 Å². The highest BCUT2D eigenvalue weighted by Crippen LogP contribution is 2.25. The zero-order valence-electron chi connectivity index (χ0n) is 11.2. The number of anilines is 1. The van der Waals surface area contributed by atoms with Crippen molar-refractivity contribution in [3.05, 3.63) is 36.5 Å². The van der Waals surface area contributed by atoms with Crippen LogP contribution in [0.25, 0.3) is 10.9 Å². The third-order valence-corrected chi connectivity index (χ3v) is 3.26. The lowest BCUT2D eigenvalue weighted by Gasteiger charge is -2.26. The Balaban J connectivity index is 2.38. The average Bonchev–Trinajstić information content (AvgIpc) is 2.44. The number of aromatic nitrogens is 1. The Labute approximate surface area is 112 Å². The number of fused-ring (bicyclic) bond motifs is 1. The van der Waals surface area contributed by atoms with Gasteiger partial charge in [-0.2, -0.15) is 0 Å². The molecule has 1 aromatic carbocycles. The molecule has 100 valence electrons. The highest BCUT2D eigenvalue weighted by atomic mass is 16.4. The van der Waals surface area contributed by atoms with Gasteiger partial charge in [0.15, 0.2) is 0 Å². The second-order valence-electron chi connectivity index (χ2n) is 4.63. The molecule has 1 atom stereocenters. The van der Waals surface area contributed by atoms with Gasteiger partial charge in [0.2, 0.25) is 0 Å². The summed E-state index contributed by atoms with van der Waals surface area (Å²) in [5.41, 5.74) is 1.97. The van der Waals surface area contributed by atoms with Gasteiger partial charge in [0, 0.05) is 30.4 Å². The molecule has 1 heterocycles. The predicted octanol–water partition coefficient (Wildman–Crippen LogP) is 2.78. The maximum absolute atomic E-state index is 11.0. The molecule has 4 heteroatoms. The molecule has 0 aliphatic heterocycles. The first-order chi connectivity index (χ1) is 9.13. The van der Waals surface area contributed by atoms with E-state index in [1.807, 2.05) is 37.3 Å². The summed E-state index contributed by atoms with van der Waals surface area (Å²) in [6, 6.07) is 9.86. The summed E-state index contributed by atoms with van der Waals surface area (Å²) in [6.07, 6.45) is 1.77. The van der Waals surface area contributed by atoms with Gasteiger partial charge in [0.1, 0.15) is 0 Å². The fraction of sp³-hybridized carbons (Fsp3) is 0.333. The Kier molecular flexibility index (Phi) is 4.00. The number of benzene rings is 1. The number of para-hydroxylation sites is 1. The topological polar surface area (TPSA) is 53.4 Å². The first-order valence-electron chi connectivity index (χ1n) is 6.45. The van der Waals surface area contributed by atoms with Crippen LogP contribution in [-0.2, 0) is 4.79 Å². The van der Waals surface area contributed by atoms with Crippen molar-refractivity contribution >= 4 is 22.6 Å². The Morgan fingerprint density at radius 3 is 2.79 bits per heavy atom. The molecule has 0 saturated carbocycles. The van der Waals surface area contributed by atoms with E-state index in [9.17, 15) is 4.79 Å². The van der Waals surface area contributed by atoms with Gasteiger partial charge in [0.05, 0.1) is 11.4 Å². The van der Waals surface area contributed by atoms with E-state index in [-0.39, 0.29) is 0 Å². The van der Waals surface area contributed by atoms with E-state index in [0.29, 0.717) is 6.54 Å². The Morgan fingerprint density at radius 2 is 2.11 bits per heavy atom. The summed E-state index contributed by atoms with van der Waals surface area (Å²) in [6.45, 7) is 5.03. The number of pyridine rings is 1. The molecule has 2 aromatic rings. The summed E-state index contributed by atoms with van der Waals surface area (Å²) in [4.78, 5) is 17.4. The Bertz CT molecular complexity index is 578. The summed E-state index contributed by atoms with van der Waals surface area (Å²) in [7, 11) is 0. The molecular formula is C15H18N2O2. The van der Waals surface area contributed by atoms with Crippen LogP contribution >= 0.6 is 0 Å². The average molecular weight is 258 g/mol. The van der Waals surface area contributed by atoms with Gasteiger partial charge in [-0.05, 0) is 19.1 Å². The maximum Gasteiger partial charge on any atom is 0.308 e. The molecule has 0 fully saturated rings. The number of carboxylic acid groups (broad SMARTS) is 1. The monoisotopic (exact) mass is 258 g/mol. The van der Waals surface area contributed by atoms with Gasteiger partial charge < -0.3 is 10.0 Å². The Morgan fingerprint density at radius 1 is 1.37 bits per heavy atom. The molecule has 1 aromatic heterocycles. The molecule has 0 radical (unpaired) electrons. The molecular weight excluding hydrogens is 240 g/mol. The van der Waals surface area contributed by atoms with Gasteiger partial charge in [0.25, 0.3) is 0 Å². The SMILES string of the molecule is CCN(CC(C)C(=O)O)c1ccnc2ccccc12. The van der Waals surface area contributed by atoms with Crippen LogP contribution in [0.4, 0.5) is 5.69 Å². The highest BCUT2D eigenvalue weighted by molar-refractivity contribution is 5.91. The quantitative estimate of drug-likeness (QED) is 0.896. The van der Waals surface area contributed by atoms with Gasteiger partial charge in [-0.1, -0.05) is 25.1 Å². The van der Waals surface area contributed by atoms with Crippen molar-refractivity contribution in [2.75, 3.05) is 18.0 Å². The fourth-order valence-electron chi connectivity index (χ4n) is 2.16. The minimum atomic E-state index is -0.767. The normalized spacial score (nSPS) is 12.3. The highest BCUT2D eigenvalue weighted by Gasteiger charge is 2.17. The molecule has 2 rings (SSSR count).